The number of hydrogen-bond donors (Lipinski definition) is 0. The van der Waals surface area contributed by atoms with Crippen LogP contribution in [0.15, 0.2) is 4.42 Å². The van der Waals surface area contributed by atoms with E-state index in [0.29, 0.717) is 11.8 Å². The Hall–Kier alpha value is -2.11. The molecule has 0 aliphatic heterocycles. The number of aromatic nitrogens is 3. The predicted octanol–water partition coefficient (Wildman–Crippen LogP) is 3.05. The number of ether oxygens (including phenoxy) is 1. The lowest BCUT2D eigenvalue weighted by Crippen LogP contribution is -2.11. The second-order valence-electron chi connectivity index (χ2n) is 6.31. The first-order valence-electron chi connectivity index (χ1n) is 7.89. The Morgan fingerprint density at radius 1 is 1.22 bits per heavy atom. The summed E-state index contributed by atoms with van der Waals surface area (Å²) in [6.45, 7) is 12.8. The van der Waals surface area contributed by atoms with Gasteiger partial charge in [0.25, 0.3) is 0 Å². The lowest BCUT2D eigenvalue weighted by Gasteiger charge is -2.08. The quantitative estimate of drug-likeness (QED) is 0.765. The van der Waals surface area contributed by atoms with Crippen LogP contribution in [0.1, 0.15) is 48.1 Å². The summed E-state index contributed by atoms with van der Waals surface area (Å²) in [5.74, 6) is 1.38. The van der Waals surface area contributed by atoms with Gasteiger partial charge in [-0.25, -0.2) is 4.98 Å². The number of rotatable bonds is 6. The summed E-state index contributed by atoms with van der Waals surface area (Å²) in [4.78, 5) is 16.3. The minimum atomic E-state index is -0.297. The van der Waals surface area contributed by atoms with Crippen LogP contribution in [0.2, 0.25) is 0 Å². The lowest BCUT2D eigenvalue weighted by atomic mass is 10.1. The van der Waals surface area contributed by atoms with Gasteiger partial charge in [-0.1, -0.05) is 13.8 Å². The van der Waals surface area contributed by atoms with Gasteiger partial charge in [0, 0.05) is 17.8 Å². The van der Waals surface area contributed by atoms with Gasteiger partial charge in [-0.15, -0.1) is 0 Å². The van der Waals surface area contributed by atoms with Crippen molar-refractivity contribution in [2.75, 3.05) is 0 Å². The van der Waals surface area contributed by atoms with Gasteiger partial charge < -0.3 is 9.15 Å². The first kappa shape index (κ1) is 17.2. The Morgan fingerprint density at radius 2 is 1.91 bits per heavy atom. The van der Waals surface area contributed by atoms with E-state index in [0.717, 1.165) is 35.0 Å². The van der Waals surface area contributed by atoms with Crippen molar-refractivity contribution in [3.05, 3.63) is 34.3 Å². The molecule has 0 saturated carbocycles. The molecule has 6 heteroatoms. The second-order valence-corrected chi connectivity index (χ2v) is 6.31. The van der Waals surface area contributed by atoms with Crippen LogP contribution in [-0.2, 0) is 29.1 Å². The fourth-order valence-corrected chi connectivity index (χ4v) is 2.45. The fourth-order valence-electron chi connectivity index (χ4n) is 2.45. The van der Waals surface area contributed by atoms with Gasteiger partial charge in [-0.2, -0.15) is 5.10 Å². The van der Waals surface area contributed by atoms with E-state index in [1.54, 1.807) is 0 Å². The smallest absolute Gasteiger partial charge is 0.310 e. The van der Waals surface area contributed by atoms with E-state index in [2.05, 4.69) is 23.9 Å². The second kappa shape index (κ2) is 6.98. The molecule has 0 unspecified atom stereocenters. The predicted molar refractivity (Wildman–Crippen MR) is 86.0 cm³/mol. The Balaban J connectivity index is 1.98. The van der Waals surface area contributed by atoms with Crippen LogP contribution in [0, 0.1) is 33.6 Å². The van der Waals surface area contributed by atoms with Crippen molar-refractivity contribution in [3.63, 3.8) is 0 Å². The average Bonchev–Trinajstić information content (AvgIpc) is 2.91. The Kier molecular flexibility index (Phi) is 5.23. The third-order valence-corrected chi connectivity index (χ3v) is 3.82. The number of esters is 1. The van der Waals surface area contributed by atoms with Crippen molar-refractivity contribution in [1.82, 2.24) is 14.8 Å². The van der Waals surface area contributed by atoms with Crippen LogP contribution in [0.3, 0.4) is 0 Å². The molecule has 0 bridgehead atoms. The van der Waals surface area contributed by atoms with E-state index in [1.165, 1.54) is 0 Å². The summed E-state index contributed by atoms with van der Waals surface area (Å²) in [6.07, 6.45) is 0.217. The van der Waals surface area contributed by atoms with E-state index >= 15 is 0 Å². The van der Waals surface area contributed by atoms with Crippen molar-refractivity contribution >= 4 is 5.97 Å². The summed E-state index contributed by atoms with van der Waals surface area (Å²) in [5.41, 5.74) is 3.66. The van der Waals surface area contributed by atoms with Gasteiger partial charge in [-0.05, 0) is 33.6 Å². The number of nitrogens with zero attached hydrogens (tertiary/aromatic N) is 3. The Labute approximate surface area is 136 Å². The zero-order valence-corrected chi connectivity index (χ0v) is 14.8. The van der Waals surface area contributed by atoms with Crippen molar-refractivity contribution in [1.29, 1.82) is 0 Å². The van der Waals surface area contributed by atoms with Crippen LogP contribution in [0.4, 0.5) is 0 Å². The molecule has 126 valence electrons. The van der Waals surface area contributed by atoms with Crippen LogP contribution in [0.25, 0.3) is 0 Å². The highest BCUT2D eigenvalue weighted by molar-refractivity contribution is 5.73. The summed E-state index contributed by atoms with van der Waals surface area (Å²) >= 11 is 0. The number of oxazole rings is 1. The number of carbonyl (C=O) groups is 1. The molecule has 0 N–H and O–H groups in total. The molecule has 0 aliphatic carbocycles. The van der Waals surface area contributed by atoms with Gasteiger partial charge >= 0.3 is 5.97 Å². The van der Waals surface area contributed by atoms with Crippen LogP contribution in [0.5, 0.6) is 0 Å². The molecule has 0 spiro atoms. The van der Waals surface area contributed by atoms with Crippen LogP contribution in [-0.4, -0.2) is 20.7 Å². The van der Waals surface area contributed by atoms with Crippen molar-refractivity contribution in [2.45, 2.75) is 61.1 Å². The molecule has 0 saturated heterocycles. The maximum atomic E-state index is 12.1. The summed E-state index contributed by atoms with van der Waals surface area (Å²) < 4.78 is 12.6. The summed E-state index contributed by atoms with van der Waals surface area (Å²) in [7, 11) is 0. The largest absolute Gasteiger partial charge is 0.455 e. The maximum Gasteiger partial charge on any atom is 0.310 e. The first-order chi connectivity index (χ1) is 10.8. The molecule has 0 fully saturated rings. The van der Waals surface area contributed by atoms with Gasteiger partial charge in [0.2, 0.25) is 5.89 Å². The maximum absolute atomic E-state index is 12.1. The molecule has 0 radical (unpaired) electrons. The fraction of sp³-hybridized carbons (Fsp3) is 0.588. The van der Waals surface area contributed by atoms with Gasteiger partial charge in [0.15, 0.2) is 6.61 Å². The molecule has 23 heavy (non-hydrogen) atoms. The minimum absolute atomic E-state index is 0.0612. The summed E-state index contributed by atoms with van der Waals surface area (Å²) in [6, 6.07) is 0. The molecule has 2 aromatic heterocycles. The molecule has 2 aromatic rings. The average molecular weight is 319 g/mol. The molecule has 0 aliphatic rings. The topological polar surface area (TPSA) is 70.2 Å². The van der Waals surface area contributed by atoms with E-state index in [-0.39, 0.29) is 19.0 Å². The van der Waals surface area contributed by atoms with Crippen LogP contribution < -0.4 is 0 Å². The highest BCUT2D eigenvalue weighted by atomic mass is 16.5. The molecule has 2 heterocycles. The number of hydrogen-bond acceptors (Lipinski definition) is 5. The first-order valence-corrected chi connectivity index (χ1v) is 7.89. The monoisotopic (exact) mass is 319 g/mol. The molecular weight excluding hydrogens is 294 g/mol. The SMILES string of the molecule is Cc1nc(COC(=O)Cc2c(C)nn(CC(C)C)c2C)oc1C. The van der Waals surface area contributed by atoms with Gasteiger partial charge in [0.05, 0.1) is 17.8 Å². The molecule has 0 aromatic carbocycles. The molecule has 0 amide bonds. The zero-order chi connectivity index (χ0) is 17.1. The summed E-state index contributed by atoms with van der Waals surface area (Å²) in [5, 5.41) is 4.51. The minimum Gasteiger partial charge on any atom is -0.455 e. The Morgan fingerprint density at radius 3 is 2.48 bits per heavy atom. The zero-order valence-electron chi connectivity index (χ0n) is 14.8. The third kappa shape index (κ3) is 4.21. The lowest BCUT2D eigenvalue weighted by molar-refractivity contribution is -0.144. The third-order valence-electron chi connectivity index (χ3n) is 3.82. The molecule has 0 atom stereocenters. The highest BCUT2D eigenvalue weighted by Gasteiger charge is 2.17. The van der Waals surface area contributed by atoms with Crippen molar-refractivity contribution < 1.29 is 13.9 Å². The van der Waals surface area contributed by atoms with E-state index < -0.39 is 0 Å². The van der Waals surface area contributed by atoms with Crippen molar-refractivity contribution in [2.24, 2.45) is 5.92 Å². The normalized spacial score (nSPS) is 11.3. The highest BCUT2D eigenvalue weighted by Crippen LogP contribution is 2.16. The number of carbonyl (C=O) groups excluding carboxylic acids is 1. The van der Waals surface area contributed by atoms with Crippen LogP contribution >= 0.6 is 0 Å². The van der Waals surface area contributed by atoms with E-state index in [1.807, 2.05) is 32.4 Å². The van der Waals surface area contributed by atoms with E-state index in [4.69, 9.17) is 9.15 Å². The van der Waals surface area contributed by atoms with Crippen molar-refractivity contribution in [3.8, 4) is 0 Å². The van der Waals surface area contributed by atoms with E-state index in [9.17, 15) is 4.79 Å². The number of aryl methyl sites for hydroxylation is 3. The van der Waals surface area contributed by atoms with Gasteiger partial charge in [0.1, 0.15) is 5.76 Å². The molecular formula is C17H25N3O3. The molecule has 2 rings (SSSR count). The molecule has 6 nitrogen and oxygen atoms in total. The van der Waals surface area contributed by atoms with Gasteiger partial charge in [-0.3, -0.25) is 9.48 Å². The standard InChI is InChI=1S/C17H25N3O3/c1-10(2)8-20-13(5)15(12(4)19-20)7-17(21)22-9-16-18-11(3)14(6)23-16/h10H,7-9H2,1-6H3. The Bertz CT molecular complexity index is 679.